The monoisotopic (exact) mass is 455 g/mol. The van der Waals surface area contributed by atoms with Crippen LogP contribution < -0.4 is 24.8 Å². The number of carbonyl (C=O) groups is 3. The summed E-state index contributed by atoms with van der Waals surface area (Å²) < 4.78 is 15.9. The summed E-state index contributed by atoms with van der Waals surface area (Å²) in [6, 6.07) is 12.0. The first-order valence-corrected chi connectivity index (χ1v) is 10.7. The van der Waals surface area contributed by atoms with E-state index in [4.69, 9.17) is 14.2 Å². The molecule has 1 saturated heterocycles. The van der Waals surface area contributed by atoms with Crippen molar-refractivity contribution in [3.8, 4) is 17.2 Å². The predicted octanol–water partition coefficient (Wildman–Crippen LogP) is 2.32. The van der Waals surface area contributed by atoms with Gasteiger partial charge in [-0.05, 0) is 37.1 Å². The lowest BCUT2D eigenvalue weighted by molar-refractivity contribution is -0.122. The predicted molar refractivity (Wildman–Crippen MR) is 123 cm³/mol. The van der Waals surface area contributed by atoms with Crippen molar-refractivity contribution in [1.82, 2.24) is 10.2 Å². The lowest BCUT2D eigenvalue weighted by Gasteiger charge is -2.31. The molecule has 0 saturated carbocycles. The van der Waals surface area contributed by atoms with Crippen LogP contribution in [0.25, 0.3) is 0 Å². The maximum atomic E-state index is 12.9. The van der Waals surface area contributed by atoms with Crippen molar-refractivity contribution in [2.45, 2.75) is 12.8 Å². The minimum absolute atomic E-state index is 0.0977. The van der Waals surface area contributed by atoms with Gasteiger partial charge in [-0.25, -0.2) is 0 Å². The summed E-state index contributed by atoms with van der Waals surface area (Å²) >= 11 is 0. The van der Waals surface area contributed by atoms with Crippen molar-refractivity contribution in [1.29, 1.82) is 0 Å². The molecule has 2 aromatic rings. The van der Waals surface area contributed by atoms with Gasteiger partial charge >= 0.3 is 0 Å². The maximum Gasteiger partial charge on any atom is 0.257 e. The van der Waals surface area contributed by atoms with Crippen molar-refractivity contribution in [2.24, 2.45) is 5.92 Å². The number of likely N-dealkylation sites (tertiary alicyclic amines) is 1. The molecule has 1 aliphatic rings. The third kappa shape index (κ3) is 6.38. The highest BCUT2D eigenvalue weighted by Gasteiger charge is 2.28. The maximum absolute atomic E-state index is 12.9. The lowest BCUT2D eigenvalue weighted by atomic mass is 9.95. The van der Waals surface area contributed by atoms with Gasteiger partial charge in [0.25, 0.3) is 11.8 Å². The van der Waals surface area contributed by atoms with E-state index in [0.717, 1.165) is 0 Å². The zero-order valence-electron chi connectivity index (χ0n) is 19.1. The molecule has 9 nitrogen and oxygen atoms in total. The molecule has 1 fully saturated rings. The molecule has 2 aromatic carbocycles. The summed E-state index contributed by atoms with van der Waals surface area (Å²) in [4.78, 5) is 38.8. The van der Waals surface area contributed by atoms with Crippen LogP contribution in [0.15, 0.2) is 42.5 Å². The number of nitrogens with zero attached hydrogens (tertiary/aromatic N) is 1. The Bertz CT molecular complexity index is 979. The van der Waals surface area contributed by atoms with E-state index >= 15 is 0 Å². The molecule has 2 N–H and O–H groups in total. The molecular formula is C24H29N3O6. The Balaban J connectivity index is 1.55. The molecule has 0 bridgehead atoms. The van der Waals surface area contributed by atoms with Gasteiger partial charge < -0.3 is 29.7 Å². The summed E-state index contributed by atoms with van der Waals surface area (Å²) in [6.07, 6.45) is 1.12. The zero-order chi connectivity index (χ0) is 23.8. The van der Waals surface area contributed by atoms with Crippen LogP contribution in [0.5, 0.6) is 17.2 Å². The number of hydrogen-bond donors (Lipinski definition) is 2. The molecule has 0 radical (unpaired) electrons. The largest absolute Gasteiger partial charge is 0.497 e. The second kappa shape index (κ2) is 11.2. The second-order valence-electron chi connectivity index (χ2n) is 7.65. The Morgan fingerprint density at radius 2 is 1.64 bits per heavy atom. The van der Waals surface area contributed by atoms with Crippen LogP contribution in [-0.4, -0.2) is 63.6 Å². The summed E-state index contributed by atoms with van der Waals surface area (Å²) in [6.45, 7) is 0.858. The molecule has 0 aromatic heterocycles. The quantitative estimate of drug-likeness (QED) is 0.633. The number of hydrogen-bond acceptors (Lipinski definition) is 6. The van der Waals surface area contributed by atoms with Crippen molar-refractivity contribution in [3.05, 3.63) is 48.0 Å². The van der Waals surface area contributed by atoms with Gasteiger partial charge in [0, 0.05) is 49.4 Å². The van der Waals surface area contributed by atoms with Crippen LogP contribution in [0.3, 0.4) is 0 Å². The minimum Gasteiger partial charge on any atom is -0.497 e. The van der Waals surface area contributed by atoms with Gasteiger partial charge in [-0.2, -0.15) is 0 Å². The molecular weight excluding hydrogens is 426 g/mol. The fourth-order valence-corrected chi connectivity index (χ4v) is 3.59. The van der Waals surface area contributed by atoms with E-state index < -0.39 is 0 Å². The van der Waals surface area contributed by atoms with E-state index in [1.54, 1.807) is 47.4 Å². The average Bonchev–Trinajstić information content (AvgIpc) is 2.86. The molecule has 3 amide bonds. The van der Waals surface area contributed by atoms with Crippen molar-refractivity contribution in [3.63, 3.8) is 0 Å². The van der Waals surface area contributed by atoms with E-state index in [-0.39, 0.29) is 30.2 Å². The molecule has 0 aliphatic carbocycles. The van der Waals surface area contributed by atoms with Crippen LogP contribution in [0, 0.1) is 5.92 Å². The van der Waals surface area contributed by atoms with Gasteiger partial charge in [-0.15, -0.1) is 0 Å². The molecule has 0 unspecified atom stereocenters. The smallest absolute Gasteiger partial charge is 0.257 e. The van der Waals surface area contributed by atoms with Crippen LogP contribution in [-0.2, 0) is 9.59 Å². The van der Waals surface area contributed by atoms with E-state index in [9.17, 15) is 14.4 Å². The number of benzene rings is 2. The van der Waals surface area contributed by atoms with Gasteiger partial charge in [0.1, 0.15) is 17.2 Å². The van der Waals surface area contributed by atoms with Crippen LogP contribution in [0.2, 0.25) is 0 Å². The molecule has 33 heavy (non-hydrogen) atoms. The molecule has 176 valence electrons. The third-order valence-electron chi connectivity index (χ3n) is 5.50. The van der Waals surface area contributed by atoms with Crippen LogP contribution in [0.1, 0.15) is 23.2 Å². The molecule has 0 atom stereocenters. The number of ether oxygens (including phenoxy) is 3. The summed E-state index contributed by atoms with van der Waals surface area (Å²) in [5, 5.41) is 5.39. The zero-order valence-corrected chi connectivity index (χ0v) is 19.1. The van der Waals surface area contributed by atoms with Gasteiger partial charge in [0.15, 0.2) is 6.61 Å². The minimum atomic E-state index is -0.238. The Morgan fingerprint density at radius 3 is 2.24 bits per heavy atom. The summed E-state index contributed by atoms with van der Waals surface area (Å²) in [5.74, 6) is 0.927. The Labute approximate surface area is 193 Å². The van der Waals surface area contributed by atoms with E-state index in [1.165, 1.54) is 21.3 Å². The molecule has 1 aliphatic heterocycles. The topological polar surface area (TPSA) is 106 Å². The Hall–Kier alpha value is -3.75. The second-order valence-corrected chi connectivity index (χ2v) is 7.65. The normalized spacial score (nSPS) is 13.7. The molecule has 1 heterocycles. The van der Waals surface area contributed by atoms with Crippen molar-refractivity contribution in [2.75, 3.05) is 46.3 Å². The number of likely N-dealkylation sites (N-methyl/N-ethyl adjacent to an activating group) is 1. The van der Waals surface area contributed by atoms with E-state index in [2.05, 4.69) is 10.6 Å². The first-order chi connectivity index (χ1) is 15.9. The Morgan fingerprint density at radius 1 is 0.970 bits per heavy atom. The fourth-order valence-electron chi connectivity index (χ4n) is 3.59. The lowest BCUT2D eigenvalue weighted by Crippen LogP contribution is -2.41. The summed E-state index contributed by atoms with van der Waals surface area (Å²) in [7, 11) is 4.61. The van der Waals surface area contributed by atoms with Crippen molar-refractivity contribution >= 4 is 23.4 Å². The number of amides is 3. The highest BCUT2D eigenvalue weighted by molar-refractivity contribution is 5.96. The van der Waals surface area contributed by atoms with Gasteiger partial charge in [0.05, 0.1) is 14.2 Å². The number of piperidine rings is 1. The number of rotatable bonds is 8. The van der Waals surface area contributed by atoms with E-state index in [1.807, 2.05) is 0 Å². The Kier molecular flexibility index (Phi) is 8.12. The van der Waals surface area contributed by atoms with Gasteiger partial charge in [-0.3, -0.25) is 14.4 Å². The number of anilines is 1. The third-order valence-corrected chi connectivity index (χ3v) is 5.50. The van der Waals surface area contributed by atoms with E-state index in [0.29, 0.717) is 54.4 Å². The number of carbonyl (C=O) groups excluding carboxylic acids is 3. The number of nitrogens with one attached hydrogen (secondary N) is 2. The first kappa shape index (κ1) is 23.9. The van der Waals surface area contributed by atoms with Crippen molar-refractivity contribution < 1.29 is 28.6 Å². The molecule has 0 spiro atoms. The number of methoxy groups -OCH3 is 2. The SMILES string of the molecule is CNC(=O)COc1cccc(NC(=O)C2CCN(C(=O)c3cc(OC)cc(OC)c3)CC2)c1. The standard InChI is InChI=1S/C24H29N3O6/c1-25-22(28)15-33-19-6-4-5-18(13-19)26-23(29)16-7-9-27(10-8-16)24(30)17-11-20(31-2)14-21(12-17)32-3/h4-6,11-14,16H,7-10,15H2,1-3H3,(H,25,28)(H,26,29). The molecule has 9 heteroatoms. The fraction of sp³-hybridized carbons (Fsp3) is 0.375. The summed E-state index contributed by atoms with van der Waals surface area (Å²) in [5.41, 5.74) is 1.08. The average molecular weight is 456 g/mol. The van der Waals surface area contributed by atoms with Gasteiger partial charge in [0.2, 0.25) is 5.91 Å². The van der Waals surface area contributed by atoms with Crippen LogP contribution in [0.4, 0.5) is 5.69 Å². The highest BCUT2D eigenvalue weighted by atomic mass is 16.5. The van der Waals surface area contributed by atoms with Crippen LogP contribution >= 0.6 is 0 Å². The van der Waals surface area contributed by atoms with Gasteiger partial charge in [-0.1, -0.05) is 6.07 Å². The highest BCUT2D eigenvalue weighted by Crippen LogP contribution is 2.26. The molecule has 3 rings (SSSR count). The first-order valence-electron chi connectivity index (χ1n) is 10.7.